The number of hydrogen-bond acceptors (Lipinski definition) is 2. The van der Waals surface area contributed by atoms with Gasteiger partial charge in [-0.3, -0.25) is 0 Å². The number of hydrogen-bond donors (Lipinski definition) is 2. The minimum atomic E-state index is 0.419. The molecule has 0 aromatic heterocycles. The summed E-state index contributed by atoms with van der Waals surface area (Å²) >= 11 is 3.51. The Bertz CT molecular complexity index is 350. The molecule has 0 saturated carbocycles. The normalized spacial score (nSPS) is 13.1. The van der Waals surface area contributed by atoms with E-state index < -0.39 is 0 Å². The average molecular weight is 299 g/mol. The summed E-state index contributed by atoms with van der Waals surface area (Å²) in [6.07, 6.45) is 1.05. The molecule has 17 heavy (non-hydrogen) atoms. The number of nitrogens with two attached hydrogens (primary N) is 1. The van der Waals surface area contributed by atoms with E-state index >= 15 is 0 Å². The number of aryl methyl sites for hydroxylation is 1. The van der Waals surface area contributed by atoms with Gasteiger partial charge in [-0.25, -0.2) is 0 Å². The molecule has 3 N–H and O–H groups in total. The van der Waals surface area contributed by atoms with Gasteiger partial charge < -0.3 is 11.1 Å². The first-order valence-electron chi connectivity index (χ1n) is 6.23. The number of benzene rings is 1. The first kappa shape index (κ1) is 14.7. The second-order valence-corrected chi connectivity index (χ2v) is 5.78. The molecular formula is C14H23BrN2. The fourth-order valence-corrected chi connectivity index (χ4v) is 2.30. The Labute approximate surface area is 113 Å². The van der Waals surface area contributed by atoms with E-state index in [-0.39, 0.29) is 0 Å². The third-order valence-electron chi connectivity index (χ3n) is 3.17. The van der Waals surface area contributed by atoms with E-state index in [2.05, 4.69) is 60.2 Å². The summed E-state index contributed by atoms with van der Waals surface area (Å²) in [5.74, 6) is 0.587. The van der Waals surface area contributed by atoms with E-state index in [9.17, 15) is 0 Å². The molecule has 0 radical (unpaired) electrons. The van der Waals surface area contributed by atoms with E-state index in [0.29, 0.717) is 18.5 Å². The standard InChI is InChI=1S/C14H23BrN2/c1-10(2)14(9-16)17-7-6-12-8-13(15)5-4-11(12)3/h4-5,8,10,14,17H,6-7,9,16H2,1-3H3. The van der Waals surface area contributed by atoms with Crippen LogP contribution in [0.25, 0.3) is 0 Å². The zero-order valence-corrected chi connectivity index (χ0v) is 12.5. The van der Waals surface area contributed by atoms with Gasteiger partial charge in [0.15, 0.2) is 0 Å². The van der Waals surface area contributed by atoms with Crippen LogP contribution in [0, 0.1) is 12.8 Å². The van der Waals surface area contributed by atoms with Crippen molar-refractivity contribution in [2.45, 2.75) is 33.2 Å². The van der Waals surface area contributed by atoms with Crippen LogP contribution >= 0.6 is 15.9 Å². The molecule has 0 aliphatic carbocycles. The second-order valence-electron chi connectivity index (χ2n) is 4.86. The van der Waals surface area contributed by atoms with Crippen LogP contribution in [-0.4, -0.2) is 19.1 Å². The average Bonchev–Trinajstić information content (AvgIpc) is 2.28. The SMILES string of the molecule is Cc1ccc(Br)cc1CCNC(CN)C(C)C. The van der Waals surface area contributed by atoms with Crippen molar-refractivity contribution >= 4 is 15.9 Å². The highest BCUT2D eigenvalue weighted by Crippen LogP contribution is 2.16. The van der Waals surface area contributed by atoms with Gasteiger partial charge in [0.1, 0.15) is 0 Å². The fourth-order valence-electron chi connectivity index (χ4n) is 1.89. The van der Waals surface area contributed by atoms with Crippen molar-refractivity contribution in [2.24, 2.45) is 11.7 Å². The van der Waals surface area contributed by atoms with Crippen molar-refractivity contribution in [3.05, 3.63) is 33.8 Å². The number of nitrogens with one attached hydrogen (secondary N) is 1. The molecule has 1 rings (SSSR count). The van der Waals surface area contributed by atoms with Gasteiger partial charge in [-0.1, -0.05) is 35.8 Å². The summed E-state index contributed by atoms with van der Waals surface area (Å²) in [6.45, 7) is 8.25. The number of rotatable bonds is 6. The maximum absolute atomic E-state index is 5.74. The molecule has 0 bridgehead atoms. The predicted octanol–water partition coefficient (Wildman–Crippen LogP) is 2.87. The molecule has 0 aliphatic heterocycles. The topological polar surface area (TPSA) is 38.0 Å². The van der Waals surface area contributed by atoms with E-state index in [1.165, 1.54) is 11.1 Å². The molecule has 0 amide bonds. The maximum Gasteiger partial charge on any atom is 0.0213 e. The summed E-state index contributed by atoms with van der Waals surface area (Å²) < 4.78 is 1.15. The Morgan fingerprint density at radius 2 is 2.06 bits per heavy atom. The highest BCUT2D eigenvalue weighted by Gasteiger charge is 2.10. The van der Waals surface area contributed by atoms with Gasteiger partial charge in [0.2, 0.25) is 0 Å². The lowest BCUT2D eigenvalue weighted by Gasteiger charge is -2.20. The highest BCUT2D eigenvalue weighted by molar-refractivity contribution is 9.10. The van der Waals surface area contributed by atoms with Crippen molar-refractivity contribution in [2.75, 3.05) is 13.1 Å². The lowest BCUT2D eigenvalue weighted by molar-refractivity contribution is 0.409. The highest BCUT2D eigenvalue weighted by atomic mass is 79.9. The predicted molar refractivity (Wildman–Crippen MR) is 78.3 cm³/mol. The maximum atomic E-state index is 5.74. The summed E-state index contributed by atoms with van der Waals surface area (Å²) in [5, 5.41) is 3.52. The Balaban J connectivity index is 2.47. The third kappa shape index (κ3) is 4.78. The quantitative estimate of drug-likeness (QED) is 0.847. The van der Waals surface area contributed by atoms with Gasteiger partial charge >= 0.3 is 0 Å². The van der Waals surface area contributed by atoms with Gasteiger partial charge in [0.25, 0.3) is 0 Å². The van der Waals surface area contributed by atoms with Gasteiger partial charge in [-0.2, -0.15) is 0 Å². The first-order chi connectivity index (χ1) is 8.04. The Kier molecular flexibility index (Phi) is 6.17. The van der Waals surface area contributed by atoms with E-state index in [1.54, 1.807) is 0 Å². The van der Waals surface area contributed by atoms with Gasteiger partial charge in [-0.05, 0) is 49.1 Å². The smallest absolute Gasteiger partial charge is 0.0213 e. The van der Waals surface area contributed by atoms with Crippen molar-refractivity contribution in [3.8, 4) is 0 Å². The summed E-state index contributed by atoms with van der Waals surface area (Å²) in [7, 11) is 0. The lowest BCUT2D eigenvalue weighted by Crippen LogP contribution is -2.41. The molecule has 96 valence electrons. The summed E-state index contributed by atoms with van der Waals surface area (Å²) in [6, 6.07) is 6.86. The first-order valence-corrected chi connectivity index (χ1v) is 7.02. The van der Waals surface area contributed by atoms with Crippen LogP contribution in [0.2, 0.25) is 0 Å². The van der Waals surface area contributed by atoms with Crippen molar-refractivity contribution < 1.29 is 0 Å². The lowest BCUT2D eigenvalue weighted by atomic mass is 10.0. The van der Waals surface area contributed by atoms with Crippen LogP contribution in [0.5, 0.6) is 0 Å². The van der Waals surface area contributed by atoms with Crippen LogP contribution in [0.1, 0.15) is 25.0 Å². The van der Waals surface area contributed by atoms with Gasteiger partial charge in [0.05, 0.1) is 0 Å². The molecule has 0 aliphatic rings. The van der Waals surface area contributed by atoms with Crippen molar-refractivity contribution in [3.63, 3.8) is 0 Å². The van der Waals surface area contributed by atoms with Crippen molar-refractivity contribution in [1.82, 2.24) is 5.32 Å². The Hall–Kier alpha value is -0.380. The molecule has 3 heteroatoms. The summed E-state index contributed by atoms with van der Waals surface area (Å²) in [5.41, 5.74) is 8.48. The molecule has 0 saturated heterocycles. The van der Waals surface area contributed by atoms with Crippen LogP contribution < -0.4 is 11.1 Å². The third-order valence-corrected chi connectivity index (χ3v) is 3.66. The van der Waals surface area contributed by atoms with E-state index in [4.69, 9.17) is 5.73 Å². The molecule has 0 heterocycles. The largest absolute Gasteiger partial charge is 0.329 e. The minimum Gasteiger partial charge on any atom is -0.329 e. The zero-order chi connectivity index (χ0) is 12.8. The molecule has 0 fully saturated rings. The Morgan fingerprint density at radius 1 is 1.35 bits per heavy atom. The molecule has 1 unspecified atom stereocenters. The molecule has 1 atom stereocenters. The van der Waals surface area contributed by atoms with E-state index in [0.717, 1.165) is 17.4 Å². The second kappa shape index (κ2) is 7.14. The molecule has 2 nitrogen and oxygen atoms in total. The minimum absolute atomic E-state index is 0.419. The monoisotopic (exact) mass is 298 g/mol. The van der Waals surface area contributed by atoms with Crippen LogP contribution in [0.3, 0.4) is 0 Å². The molecule has 0 spiro atoms. The van der Waals surface area contributed by atoms with Crippen LogP contribution in [0.15, 0.2) is 22.7 Å². The van der Waals surface area contributed by atoms with E-state index in [1.807, 2.05) is 0 Å². The zero-order valence-electron chi connectivity index (χ0n) is 11.0. The van der Waals surface area contributed by atoms with Crippen LogP contribution in [0.4, 0.5) is 0 Å². The van der Waals surface area contributed by atoms with Gasteiger partial charge in [-0.15, -0.1) is 0 Å². The number of halogens is 1. The van der Waals surface area contributed by atoms with Crippen molar-refractivity contribution in [1.29, 1.82) is 0 Å². The summed E-state index contributed by atoms with van der Waals surface area (Å²) in [4.78, 5) is 0. The molecule has 1 aromatic rings. The molecular weight excluding hydrogens is 276 g/mol. The molecule has 1 aromatic carbocycles. The van der Waals surface area contributed by atoms with Gasteiger partial charge in [0, 0.05) is 17.1 Å². The van der Waals surface area contributed by atoms with Crippen LogP contribution in [-0.2, 0) is 6.42 Å². The fraction of sp³-hybridized carbons (Fsp3) is 0.571. The Morgan fingerprint density at radius 3 is 2.65 bits per heavy atom.